The summed E-state index contributed by atoms with van der Waals surface area (Å²) in [6.07, 6.45) is 3.75. The smallest absolute Gasteiger partial charge is 0.227 e. The standard InChI is InChI=1S/C13H16NO2/c15-9-8-10-4-6-12(7-5-10)14-13(16)11-2-1-3-11/h4-7,11H,1-3,8-9H2,(H,14,16). The van der Waals surface area contributed by atoms with Gasteiger partial charge < -0.3 is 5.32 Å². The molecule has 85 valence electrons. The van der Waals surface area contributed by atoms with Gasteiger partial charge in [-0.3, -0.25) is 4.79 Å². The Morgan fingerprint density at radius 2 is 1.94 bits per heavy atom. The molecule has 0 aliphatic heterocycles. The molecule has 1 saturated carbocycles. The van der Waals surface area contributed by atoms with Crippen molar-refractivity contribution < 1.29 is 9.90 Å². The molecule has 16 heavy (non-hydrogen) atoms. The van der Waals surface area contributed by atoms with Gasteiger partial charge in [0.15, 0.2) is 0 Å². The summed E-state index contributed by atoms with van der Waals surface area (Å²) in [5.74, 6) is 0.337. The molecule has 1 aliphatic rings. The van der Waals surface area contributed by atoms with E-state index < -0.39 is 0 Å². The van der Waals surface area contributed by atoms with Crippen LogP contribution in [0.1, 0.15) is 24.8 Å². The highest BCUT2D eigenvalue weighted by molar-refractivity contribution is 5.92. The molecular weight excluding hydrogens is 202 g/mol. The van der Waals surface area contributed by atoms with E-state index in [1.807, 2.05) is 24.3 Å². The van der Waals surface area contributed by atoms with E-state index in [0.717, 1.165) is 24.1 Å². The average Bonchev–Trinajstić information content (AvgIpc) is 2.18. The van der Waals surface area contributed by atoms with Gasteiger partial charge in [-0.2, -0.15) is 0 Å². The molecule has 1 fully saturated rings. The number of anilines is 1. The number of carbonyl (C=O) groups is 1. The van der Waals surface area contributed by atoms with E-state index in [1.165, 1.54) is 6.42 Å². The molecule has 3 nitrogen and oxygen atoms in total. The number of carbonyl (C=O) groups excluding carboxylic acids is 1. The number of rotatable bonds is 4. The second kappa shape index (κ2) is 5.12. The van der Waals surface area contributed by atoms with Crippen LogP contribution >= 0.6 is 0 Å². The van der Waals surface area contributed by atoms with E-state index in [1.54, 1.807) is 0 Å². The van der Waals surface area contributed by atoms with Gasteiger partial charge in [-0.1, -0.05) is 18.6 Å². The Kier molecular flexibility index (Phi) is 3.57. The van der Waals surface area contributed by atoms with E-state index in [9.17, 15) is 9.90 Å². The molecule has 0 bridgehead atoms. The van der Waals surface area contributed by atoms with E-state index in [0.29, 0.717) is 6.42 Å². The summed E-state index contributed by atoms with van der Waals surface area (Å²) >= 11 is 0. The summed E-state index contributed by atoms with van der Waals surface area (Å²) < 4.78 is 0. The van der Waals surface area contributed by atoms with Crippen molar-refractivity contribution >= 4 is 11.6 Å². The SMILES string of the molecule is [O]CCc1ccc(NC(=O)C2CCC2)cc1. The minimum atomic E-state index is -0.0895. The number of amides is 1. The molecule has 1 N–H and O–H groups in total. The molecule has 0 heterocycles. The normalized spacial score (nSPS) is 15.6. The molecule has 1 aromatic rings. The lowest BCUT2D eigenvalue weighted by Crippen LogP contribution is -2.27. The third-order valence-electron chi connectivity index (χ3n) is 3.09. The zero-order valence-corrected chi connectivity index (χ0v) is 9.24. The second-order valence-electron chi connectivity index (χ2n) is 4.27. The van der Waals surface area contributed by atoms with Crippen LogP contribution in [0.15, 0.2) is 24.3 Å². The zero-order valence-electron chi connectivity index (χ0n) is 9.24. The summed E-state index contributed by atoms with van der Waals surface area (Å²) in [5, 5.41) is 13.3. The lowest BCUT2D eigenvalue weighted by atomic mass is 9.85. The van der Waals surface area contributed by atoms with Gasteiger partial charge in [0.25, 0.3) is 0 Å². The lowest BCUT2D eigenvalue weighted by molar-refractivity contribution is -0.122. The number of hydrogen-bond donors (Lipinski definition) is 1. The van der Waals surface area contributed by atoms with Crippen LogP contribution in [0.3, 0.4) is 0 Å². The number of nitrogens with one attached hydrogen (secondary N) is 1. The third kappa shape index (κ3) is 2.61. The van der Waals surface area contributed by atoms with Crippen LogP contribution in [-0.2, 0) is 16.3 Å². The largest absolute Gasteiger partial charge is 0.326 e. The molecule has 1 radical (unpaired) electrons. The molecule has 1 amide bonds. The maximum absolute atomic E-state index is 11.6. The van der Waals surface area contributed by atoms with Gasteiger partial charge in [-0.15, -0.1) is 0 Å². The van der Waals surface area contributed by atoms with Crippen molar-refractivity contribution in [2.45, 2.75) is 25.7 Å². The summed E-state index contributed by atoms with van der Waals surface area (Å²) in [4.78, 5) is 11.6. The molecule has 1 aromatic carbocycles. The van der Waals surface area contributed by atoms with Crippen LogP contribution < -0.4 is 5.32 Å². The number of benzene rings is 1. The molecule has 2 rings (SSSR count). The molecule has 0 aromatic heterocycles. The fourth-order valence-corrected chi connectivity index (χ4v) is 1.79. The predicted octanol–water partition coefficient (Wildman–Crippen LogP) is 2.40. The zero-order chi connectivity index (χ0) is 11.4. The topological polar surface area (TPSA) is 49.0 Å². The highest BCUT2D eigenvalue weighted by Gasteiger charge is 2.24. The number of hydrogen-bond acceptors (Lipinski definition) is 1. The monoisotopic (exact) mass is 218 g/mol. The van der Waals surface area contributed by atoms with E-state index in [-0.39, 0.29) is 18.4 Å². The first-order valence-corrected chi connectivity index (χ1v) is 5.77. The van der Waals surface area contributed by atoms with Crippen molar-refractivity contribution in [1.82, 2.24) is 0 Å². The van der Waals surface area contributed by atoms with Crippen LogP contribution in [-0.4, -0.2) is 12.5 Å². The first-order valence-electron chi connectivity index (χ1n) is 5.77. The van der Waals surface area contributed by atoms with Crippen LogP contribution in [0.25, 0.3) is 0 Å². The Labute approximate surface area is 95.5 Å². The van der Waals surface area contributed by atoms with Crippen molar-refractivity contribution in [3.63, 3.8) is 0 Å². The van der Waals surface area contributed by atoms with E-state index in [4.69, 9.17) is 0 Å². The summed E-state index contributed by atoms with van der Waals surface area (Å²) in [6.45, 7) is -0.0895. The Hall–Kier alpha value is -1.35. The van der Waals surface area contributed by atoms with Crippen LogP contribution in [0.4, 0.5) is 5.69 Å². The van der Waals surface area contributed by atoms with Crippen molar-refractivity contribution in [1.29, 1.82) is 0 Å². The van der Waals surface area contributed by atoms with Gasteiger partial charge in [0.2, 0.25) is 5.91 Å². The minimum absolute atomic E-state index is 0.0895. The van der Waals surface area contributed by atoms with Crippen LogP contribution in [0, 0.1) is 5.92 Å². The van der Waals surface area contributed by atoms with Gasteiger partial charge >= 0.3 is 0 Å². The second-order valence-corrected chi connectivity index (χ2v) is 4.27. The Morgan fingerprint density at radius 1 is 1.25 bits per heavy atom. The lowest BCUT2D eigenvalue weighted by Gasteiger charge is -2.24. The first-order chi connectivity index (χ1) is 7.79. The Bertz CT molecular complexity index is 355. The fraction of sp³-hybridized carbons (Fsp3) is 0.462. The van der Waals surface area contributed by atoms with Gasteiger partial charge in [0.1, 0.15) is 0 Å². The van der Waals surface area contributed by atoms with Crippen molar-refractivity contribution in [3.8, 4) is 0 Å². The van der Waals surface area contributed by atoms with Gasteiger partial charge in [0, 0.05) is 11.6 Å². The summed E-state index contributed by atoms with van der Waals surface area (Å²) in [5.41, 5.74) is 1.85. The van der Waals surface area contributed by atoms with Crippen LogP contribution in [0.2, 0.25) is 0 Å². The predicted molar refractivity (Wildman–Crippen MR) is 61.7 cm³/mol. The van der Waals surface area contributed by atoms with E-state index >= 15 is 0 Å². The maximum atomic E-state index is 11.6. The summed E-state index contributed by atoms with van der Waals surface area (Å²) in [7, 11) is 0. The van der Waals surface area contributed by atoms with Crippen molar-refractivity contribution in [2.75, 3.05) is 11.9 Å². The van der Waals surface area contributed by atoms with Crippen molar-refractivity contribution in [2.24, 2.45) is 5.92 Å². The first kappa shape index (κ1) is 11.1. The molecule has 0 saturated heterocycles. The van der Waals surface area contributed by atoms with Gasteiger partial charge in [-0.05, 0) is 37.0 Å². The molecule has 3 heteroatoms. The van der Waals surface area contributed by atoms with Crippen molar-refractivity contribution in [3.05, 3.63) is 29.8 Å². The third-order valence-corrected chi connectivity index (χ3v) is 3.09. The molecule has 0 atom stereocenters. The Balaban J connectivity index is 1.91. The molecular formula is C13H16NO2. The minimum Gasteiger partial charge on any atom is -0.326 e. The van der Waals surface area contributed by atoms with Crippen LogP contribution in [0.5, 0.6) is 0 Å². The summed E-state index contributed by atoms with van der Waals surface area (Å²) in [6, 6.07) is 7.52. The van der Waals surface area contributed by atoms with E-state index in [2.05, 4.69) is 5.32 Å². The molecule has 0 spiro atoms. The highest BCUT2D eigenvalue weighted by Crippen LogP contribution is 2.27. The van der Waals surface area contributed by atoms with Gasteiger partial charge in [-0.25, -0.2) is 5.11 Å². The van der Waals surface area contributed by atoms with Gasteiger partial charge in [0.05, 0.1) is 6.61 Å². The average molecular weight is 218 g/mol. The molecule has 1 aliphatic carbocycles. The molecule has 0 unspecified atom stereocenters. The highest BCUT2D eigenvalue weighted by atomic mass is 16.2. The maximum Gasteiger partial charge on any atom is 0.227 e. The quantitative estimate of drug-likeness (QED) is 0.828. The Morgan fingerprint density at radius 3 is 2.44 bits per heavy atom. The fourth-order valence-electron chi connectivity index (χ4n) is 1.79.